The van der Waals surface area contributed by atoms with Crippen LogP contribution >= 0.6 is 0 Å². The Hall–Kier alpha value is -2.04. The van der Waals surface area contributed by atoms with Gasteiger partial charge in [-0.2, -0.15) is 5.10 Å². The van der Waals surface area contributed by atoms with E-state index in [1.54, 1.807) is 12.4 Å². The highest BCUT2D eigenvalue weighted by molar-refractivity contribution is 5.82. The minimum Gasteiger partial charge on any atom is -0.299 e. The molecule has 0 unspecified atom stereocenters. The fourth-order valence-corrected chi connectivity index (χ4v) is 1.89. The molecule has 0 radical (unpaired) electrons. The Morgan fingerprint density at radius 2 is 2.00 bits per heavy atom. The Bertz CT molecular complexity index is 533. The molecule has 0 N–H and O–H groups in total. The maximum absolute atomic E-state index is 12.0. The summed E-state index contributed by atoms with van der Waals surface area (Å²) >= 11 is 0. The molecule has 2 aromatic heterocycles. The minimum absolute atomic E-state index is 0.143. The second-order valence-electron chi connectivity index (χ2n) is 5.00. The summed E-state index contributed by atoms with van der Waals surface area (Å²) in [7, 11) is 0. The monoisotopic (exact) mass is 258 g/mol. The van der Waals surface area contributed by atoms with E-state index in [0.29, 0.717) is 18.8 Å². The first-order chi connectivity index (χ1) is 9.15. The van der Waals surface area contributed by atoms with Crippen LogP contribution in [0.1, 0.15) is 25.2 Å². The lowest BCUT2D eigenvalue weighted by atomic mass is 10.1. The molecule has 2 aromatic rings. The van der Waals surface area contributed by atoms with Crippen molar-refractivity contribution < 1.29 is 4.79 Å². The number of rotatable bonds is 6. The summed E-state index contributed by atoms with van der Waals surface area (Å²) in [6, 6.07) is 3.72. The van der Waals surface area contributed by atoms with Gasteiger partial charge < -0.3 is 0 Å². The van der Waals surface area contributed by atoms with Crippen LogP contribution in [-0.2, 0) is 24.2 Å². The summed E-state index contributed by atoms with van der Waals surface area (Å²) in [4.78, 5) is 20.1. The third kappa shape index (κ3) is 3.98. The van der Waals surface area contributed by atoms with E-state index in [1.165, 1.54) is 6.33 Å². The molecule has 0 aliphatic carbocycles. The fourth-order valence-electron chi connectivity index (χ4n) is 1.89. The van der Waals surface area contributed by atoms with Crippen molar-refractivity contribution in [2.24, 2.45) is 5.92 Å². The van der Waals surface area contributed by atoms with Crippen LogP contribution in [0.4, 0.5) is 0 Å². The maximum Gasteiger partial charge on any atom is 0.144 e. The van der Waals surface area contributed by atoms with Gasteiger partial charge >= 0.3 is 0 Å². The van der Waals surface area contributed by atoms with Gasteiger partial charge in [0.05, 0.1) is 6.42 Å². The number of ketones is 1. The lowest BCUT2D eigenvalue weighted by Gasteiger charge is -2.08. The van der Waals surface area contributed by atoms with Crippen LogP contribution < -0.4 is 0 Å². The summed E-state index contributed by atoms with van der Waals surface area (Å²) in [6.45, 7) is 5.02. The first-order valence-corrected chi connectivity index (χ1v) is 6.42. The molecule has 0 saturated carbocycles. The van der Waals surface area contributed by atoms with E-state index >= 15 is 0 Å². The van der Waals surface area contributed by atoms with Crippen LogP contribution in [-0.4, -0.2) is 25.5 Å². The molecule has 2 heterocycles. The zero-order valence-electron chi connectivity index (χ0n) is 11.3. The van der Waals surface area contributed by atoms with Crippen molar-refractivity contribution in [3.05, 3.63) is 42.2 Å². The van der Waals surface area contributed by atoms with Crippen molar-refractivity contribution in [3.63, 3.8) is 0 Å². The van der Waals surface area contributed by atoms with Crippen LogP contribution in [0.2, 0.25) is 0 Å². The maximum atomic E-state index is 12.0. The smallest absolute Gasteiger partial charge is 0.144 e. The van der Waals surface area contributed by atoms with Crippen molar-refractivity contribution >= 4 is 5.78 Å². The van der Waals surface area contributed by atoms with Crippen molar-refractivity contribution in [3.8, 4) is 0 Å². The van der Waals surface area contributed by atoms with Gasteiger partial charge in [-0.05, 0) is 23.6 Å². The van der Waals surface area contributed by atoms with E-state index in [1.807, 2.05) is 16.8 Å². The number of Topliss-reactive ketones (excluding diaryl/α,β-unsaturated/α-hetero) is 1. The van der Waals surface area contributed by atoms with E-state index < -0.39 is 0 Å². The van der Waals surface area contributed by atoms with E-state index in [0.717, 1.165) is 17.9 Å². The average Bonchev–Trinajstić information content (AvgIpc) is 2.77. The third-order valence-corrected chi connectivity index (χ3v) is 2.74. The summed E-state index contributed by atoms with van der Waals surface area (Å²) in [6.07, 6.45) is 5.65. The number of nitrogens with zero attached hydrogens (tertiary/aromatic N) is 4. The summed E-state index contributed by atoms with van der Waals surface area (Å²) in [5.41, 5.74) is 0.981. The fraction of sp³-hybridized carbons (Fsp3) is 0.429. The Morgan fingerprint density at radius 1 is 1.26 bits per heavy atom. The SMILES string of the molecule is CC(C)Cn1ncnc1CC(=O)Cc1ccncc1. The van der Waals surface area contributed by atoms with Gasteiger partial charge in [0.1, 0.15) is 17.9 Å². The van der Waals surface area contributed by atoms with E-state index in [2.05, 4.69) is 28.9 Å². The third-order valence-electron chi connectivity index (χ3n) is 2.74. The Labute approximate surface area is 112 Å². The Kier molecular flexibility index (Phi) is 4.39. The molecule has 0 bridgehead atoms. The molecular formula is C14H18N4O. The number of carbonyl (C=O) groups is 1. The molecule has 0 saturated heterocycles. The number of hydrogen-bond donors (Lipinski definition) is 0. The minimum atomic E-state index is 0.143. The van der Waals surface area contributed by atoms with Crippen molar-refractivity contribution in [1.29, 1.82) is 0 Å². The zero-order valence-corrected chi connectivity index (χ0v) is 11.3. The molecule has 100 valence electrons. The molecule has 5 heteroatoms. The van der Waals surface area contributed by atoms with Gasteiger partial charge in [-0.15, -0.1) is 0 Å². The van der Waals surface area contributed by atoms with Crippen LogP contribution in [0.25, 0.3) is 0 Å². The van der Waals surface area contributed by atoms with Gasteiger partial charge in [0.2, 0.25) is 0 Å². The first kappa shape index (κ1) is 13.4. The van der Waals surface area contributed by atoms with E-state index in [9.17, 15) is 4.79 Å². The summed E-state index contributed by atoms with van der Waals surface area (Å²) in [5, 5.41) is 4.16. The molecular weight excluding hydrogens is 240 g/mol. The van der Waals surface area contributed by atoms with Crippen molar-refractivity contribution in [2.45, 2.75) is 33.2 Å². The van der Waals surface area contributed by atoms with Gasteiger partial charge in [-0.25, -0.2) is 9.67 Å². The van der Waals surface area contributed by atoms with Crippen LogP contribution in [0.5, 0.6) is 0 Å². The summed E-state index contributed by atoms with van der Waals surface area (Å²) < 4.78 is 1.81. The van der Waals surface area contributed by atoms with E-state index in [4.69, 9.17) is 0 Å². The number of carbonyl (C=O) groups excluding carboxylic acids is 1. The normalized spacial score (nSPS) is 10.9. The van der Waals surface area contributed by atoms with Crippen LogP contribution in [0.3, 0.4) is 0 Å². The molecule has 0 aliphatic heterocycles. The second kappa shape index (κ2) is 6.22. The van der Waals surface area contributed by atoms with Crippen LogP contribution in [0.15, 0.2) is 30.9 Å². The molecule has 0 amide bonds. The number of aromatic nitrogens is 4. The molecule has 0 spiro atoms. The van der Waals surface area contributed by atoms with Gasteiger partial charge in [0.25, 0.3) is 0 Å². The highest BCUT2D eigenvalue weighted by Gasteiger charge is 2.11. The molecule has 0 atom stereocenters. The van der Waals surface area contributed by atoms with Gasteiger partial charge in [-0.1, -0.05) is 13.8 Å². The predicted octanol–water partition coefficient (Wildman–Crippen LogP) is 1.68. The first-order valence-electron chi connectivity index (χ1n) is 6.42. The molecule has 0 fully saturated rings. The molecule has 19 heavy (non-hydrogen) atoms. The molecule has 5 nitrogen and oxygen atoms in total. The molecule has 0 aromatic carbocycles. The van der Waals surface area contributed by atoms with Gasteiger partial charge in [-0.3, -0.25) is 9.78 Å². The average molecular weight is 258 g/mol. The van der Waals surface area contributed by atoms with Gasteiger partial charge in [0.15, 0.2) is 0 Å². The molecule has 2 rings (SSSR count). The highest BCUT2D eigenvalue weighted by Crippen LogP contribution is 2.05. The predicted molar refractivity (Wildman–Crippen MR) is 71.5 cm³/mol. The standard InChI is InChI=1S/C14H18N4O/c1-11(2)9-18-14(16-10-17-18)8-13(19)7-12-3-5-15-6-4-12/h3-6,10-11H,7-9H2,1-2H3. The van der Waals surface area contributed by atoms with Crippen molar-refractivity contribution in [1.82, 2.24) is 19.7 Å². The second-order valence-corrected chi connectivity index (χ2v) is 5.00. The zero-order chi connectivity index (χ0) is 13.7. The van der Waals surface area contributed by atoms with E-state index in [-0.39, 0.29) is 5.78 Å². The van der Waals surface area contributed by atoms with Crippen LogP contribution in [0, 0.1) is 5.92 Å². The van der Waals surface area contributed by atoms with Gasteiger partial charge in [0, 0.05) is 25.4 Å². The van der Waals surface area contributed by atoms with Crippen molar-refractivity contribution in [2.75, 3.05) is 0 Å². The topological polar surface area (TPSA) is 60.7 Å². The molecule has 0 aliphatic rings. The number of hydrogen-bond acceptors (Lipinski definition) is 4. The Balaban J connectivity index is 1.97. The highest BCUT2D eigenvalue weighted by atomic mass is 16.1. The largest absolute Gasteiger partial charge is 0.299 e. The lowest BCUT2D eigenvalue weighted by molar-refractivity contribution is -0.117. The quantitative estimate of drug-likeness (QED) is 0.791. The lowest BCUT2D eigenvalue weighted by Crippen LogP contribution is -2.15. The summed E-state index contributed by atoms with van der Waals surface area (Å²) in [5.74, 6) is 1.37. The number of pyridine rings is 1. The Morgan fingerprint density at radius 3 is 2.68 bits per heavy atom.